The lowest BCUT2D eigenvalue weighted by Gasteiger charge is -2.12. The molecule has 32 heavy (non-hydrogen) atoms. The van der Waals surface area contributed by atoms with Gasteiger partial charge in [0, 0.05) is 36.6 Å². The van der Waals surface area contributed by atoms with Crippen LogP contribution in [0.3, 0.4) is 0 Å². The summed E-state index contributed by atoms with van der Waals surface area (Å²) in [4.78, 5) is 8.90. The predicted octanol–water partition coefficient (Wildman–Crippen LogP) is 3.66. The molecule has 3 N–H and O–H groups in total. The van der Waals surface area contributed by atoms with Crippen LogP contribution in [-0.4, -0.2) is 49.0 Å². The number of halogens is 1. The molecule has 0 atom stereocenters. The maximum atomic E-state index is 14.1. The Hall–Kier alpha value is -3.73. The monoisotopic (exact) mass is 456 g/mol. The number of aryl methyl sites for hydroxylation is 1. The Kier molecular flexibility index (Phi) is 5.43. The van der Waals surface area contributed by atoms with Gasteiger partial charge in [0.2, 0.25) is 5.95 Å². The number of ether oxygens (including phenoxy) is 1. The van der Waals surface area contributed by atoms with Gasteiger partial charge in [0.1, 0.15) is 23.1 Å². The summed E-state index contributed by atoms with van der Waals surface area (Å²) in [5.74, 6) is 0.738. The Labute approximate surface area is 184 Å². The number of nitrogens with one attached hydrogen (secondary N) is 3. The van der Waals surface area contributed by atoms with Crippen molar-refractivity contribution in [2.45, 2.75) is 11.8 Å². The van der Waals surface area contributed by atoms with Crippen molar-refractivity contribution in [3.05, 3.63) is 47.9 Å². The van der Waals surface area contributed by atoms with Gasteiger partial charge >= 0.3 is 0 Å². The number of hydrogen-bond acceptors (Lipinski definition) is 8. The molecule has 9 nitrogen and oxygen atoms in total. The quantitative estimate of drug-likeness (QED) is 0.402. The molecular weight excluding hydrogens is 435 g/mol. The van der Waals surface area contributed by atoms with E-state index in [4.69, 9.17) is 4.74 Å². The average molecular weight is 457 g/mol. The number of fused-ring (bicyclic) bond motifs is 1. The Morgan fingerprint density at radius 2 is 1.94 bits per heavy atom. The second-order valence-electron chi connectivity index (χ2n) is 7.22. The first-order chi connectivity index (χ1) is 15.2. The third-order valence-corrected chi connectivity index (χ3v) is 6.01. The molecule has 0 bridgehead atoms. The number of benzene rings is 2. The molecule has 0 aliphatic carbocycles. The highest BCUT2D eigenvalue weighted by Crippen LogP contribution is 2.33. The Bertz CT molecular complexity index is 1440. The number of hydrogen-bond donors (Lipinski definition) is 3. The standard InChI is InChI=1S/C21H21FN6O3S/c1-11-5-18-15(9-17(11)22)19(28-27-18)16-10-24-21(26-20(16)23-2)25-12-6-13(31-3)8-14(7-12)32(4,29)30/h5-10H,1-4H3,(H,27,28)(H2,23,24,25,26). The van der Waals surface area contributed by atoms with Crippen LogP contribution in [0.1, 0.15) is 5.56 Å². The van der Waals surface area contributed by atoms with Gasteiger partial charge in [0.15, 0.2) is 9.84 Å². The molecule has 166 valence electrons. The molecule has 2 aromatic heterocycles. The first-order valence-electron chi connectivity index (χ1n) is 9.55. The van der Waals surface area contributed by atoms with E-state index in [1.165, 1.54) is 25.3 Å². The molecule has 0 amide bonds. The summed E-state index contributed by atoms with van der Waals surface area (Å²) >= 11 is 0. The summed E-state index contributed by atoms with van der Waals surface area (Å²) in [5, 5.41) is 13.8. The molecule has 0 radical (unpaired) electrons. The van der Waals surface area contributed by atoms with Crippen molar-refractivity contribution < 1.29 is 17.5 Å². The number of nitrogens with zero attached hydrogens (tertiary/aromatic N) is 3. The molecule has 0 saturated carbocycles. The van der Waals surface area contributed by atoms with Crippen LogP contribution in [-0.2, 0) is 9.84 Å². The first kappa shape index (κ1) is 21.5. The predicted molar refractivity (Wildman–Crippen MR) is 121 cm³/mol. The van der Waals surface area contributed by atoms with Crippen molar-refractivity contribution in [3.63, 3.8) is 0 Å². The molecule has 0 spiro atoms. The minimum Gasteiger partial charge on any atom is -0.497 e. The highest BCUT2D eigenvalue weighted by molar-refractivity contribution is 7.90. The van der Waals surface area contributed by atoms with Gasteiger partial charge in [-0.15, -0.1) is 0 Å². The number of rotatable bonds is 6. The van der Waals surface area contributed by atoms with E-state index in [1.807, 2.05) is 0 Å². The normalized spacial score (nSPS) is 11.5. The van der Waals surface area contributed by atoms with Crippen LogP contribution < -0.4 is 15.4 Å². The van der Waals surface area contributed by atoms with Crippen LogP contribution in [0.15, 0.2) is 41.4 Å². The second-order valence-corrected chi connectivity index (χ2v) is 9.24. The van der Waals surface area contributed by atoms with E-state index in [2.05, 4.69) is 30.8 Å². The third kappa shape index (κ3) is 4.06. The lowest BCUT2D eigenvalue weighted by Crippen LogP contribution is -2.04. The summed E-state index contributed by atoms with van der Waals surface area (Å²) in [6, 6.07) is 7.67. The number of sulfone groups is 1. The number of methoxy groups -OCH3 is 1. The fraction of sp³-hybridized carbons (Fsp3) is 0.190. The Balaban J connectivity index is 1.74. The number of anilines is 3. The van der Waals surface area contributed by atoms with Crippen molar-refractivity contribution in [1.29, 1.82) is 0 Å². The lowest BCUT2D eigenvalue weighted by atomic mass is 10.1. The van der Waals surface area contributed by atoms with E-state index in [1.54, 1.807) is 32.3 Å². The van der Waals surface area contributed by atoms with Crippen molar-refractivity contribution >= 4 is 38.2 Å². The van der Waals surface area contributed by atoms with Crippen LogP contribution in [0.5, 0.6) is 5.75 Å². The highest BCUT2D eigenvalue weighted by Gasteiger charge is 2.17. The van der Waals surface area contributed by atoms with Gasteiger partial charge in [-0.2, -0.15) is 10.1 Å². The number of aromatic amines is 1. The van der Waals surface area contributed by atoms with Crippen molar-refractivity contribution in [1.82, 2.24) is 20.2 Å². The minimum atomic E-state index is -3.44. The molecule has 0 unspecified atom stereocenters. The highest BCUT2D eigenvalue weighted by atomic mass is 32.2. The number of H-pyrrole nitrogens is 1. The molecule has 2 heterocycles. The summed E-state index contributed by atoms with van der Waals surface area (Å²) in [6.45, 7) is 1.69. The summed E-state index contributed by atoms with van der Waals surface area (Å²) < 4.78 is 43.3. The van der Waals surface area contributed by atoms with E-state index in [-0.39, 0.29) is 16.7 Å². The van der Waals surface area contributed by atoms with Crippen molar-refractivity contribution in [2.75, 3.05) is 31.0 Å². The minimum absolute atomic E-state index is 0.102. The smallest absolute Gasteiger partial charge is 0.229 e. The number of aromatic nitrogens is 4. The van der Waals surface area contributed by atoms with Gasteiger partial charge in [-0.1, -0.05) is 0 Å². The fourth-order valence-corrected chi connectivity index (χ4v) is 3.93. The zero-order valence-corrected chi connectivity index (χ0v) is 18.6. The average Bonchev–Trinajstić information content (AvgIpc) is 3.15. The van der Waals surface area contributed by atoms with Crippen LogP contribution in [0.4, 0.5) is 21.8 Å². The van der Waals surface area contributed by atoms with Crippen LogP contribution in [0.25, 0.3) is 22.2 Å². The maximum absolute atomic E-state index is 14.1. The molecule has 0 aliphatic rings. The van der Waals surface area contributed by atoms with Crippen LogP contribution >= 0.6 is 0 Å². The van der Waals surface area contributed by atoms with E-state index in [0.717, 1.165) is 6.26 Å². The van der Waals surface area contributed by atoms with Crippen molar-refractivity contribution in [2.24, 2.45) is 0 Å². The van der Waals surface area contributed by atoms with Crippen LogP contribution in [0.2, 0.25) is 0 Å². The van der Waals surface area contributed by atoms with Crippen molar-refractivity contribution in [3.8, 4) is 17.0 Å². The molecule has 2 aromatic carbocycles. The van der Waals surface area contributed by atoms with Crippen LogP contribution in [0, 0.1) is 12.7 Å². The second kappa shape index (κ2) is 8.08. The lowest BCUT2D eigenvalue weighted by molar-refractivity contribution is 0.413. The third-order valence-electron chi connectivity index (χ3n) is 4.92. The first-order valence-corrected chi connectivity index (χ1v) is 11.4. The topological polar surface area (TPSA) is 122 Å². The molecule has 11 heteroatoms. The zero-order chi connectivity index (χ0) is 23.0. The fourth-order valence-electron chi connectivity index (χ4n) is 3.26. The summed E-state index contributed by atoms with van der Waals surface area (Å²) in [7, 11) is -0.293. The summed E-state index contributed by atoms with van der Waals surface area (Å²) in [5.41, 5.74) is 2.75. The van der Waals surface area contributed by atoms with Gasteiger partial charge < -0.3 is 15.4 Å². The van der Waals surface area contributed by atoms with Gasteiger partial charge in [-0.3, -0.25) is 5.10 Å². The molecule has 4 aromatic rings. The van der Waals surface area contributed by atoms with Gasteiger partial charge in [0.25, 0.3) is 0 Å². The van der Waals surface area contributed by atoms with E-state index >= 15 is 0 Å². The van der Waals surface area contributed by atoms with Gasteiger partial charge in [-0.05, 0) is 36.8 Å². The molecule has 0 aliphatic heterocycles. The van der Waals surface area contributed by atoms with Gasteiger partial charge in [-0.25, -0.2) is 17.8 Å². The van der Waals surface area contributed by atoms with E-state index < -0.39 is 9.84 Å². The molecular formula is C21H21FN6O3S. The molecule has 0 fully saturated rings. The molecule has 0 saturated heterocycles. The zero-order valence-electron chi connectivity index (χ0n) is 17.8. The van der Waals surface area contributed by atoms with Gasteiger partial charge in [0.05, 0.1) is 23.1 Å². The largest absolute Gasteiger partial charge is 0.497 e. The maximum Gasteiger partial charge on any atom is 0.229 e. The summed E-state index contributed by atoms with van der Waals surface area (Å²) in [6.07, 6.45) is 2.68. The Morgan fingerprint density at radius 3 is 2.62 bits per heavy atom. The van der Waals surface area contributed by atoms with E-state index in [9.17, 15) is 12.8 Å². The SMILES string of the molecule is CNc1nc(Nc2cc(OC)cc(S(C)(=O)=O)c2)ncc1-c1n[nH]c2cc(C)c(F)cc12. The molecule has 4 rings (SSSR count). The van der Waals surface area contributed by atoms with E-state index in [0.29, 0.717) is 45.0 Å². The Morgan fingerprint density at radius 1 is 1.16 bits per heavy atom.